The van der Waals surface area contributed by atoms with Crippen LogP contribution in [0.25, 0.3) is 0 Å². The van der Waals surface area contributed by atoms with Crippen LogP contribution in [0, 0.1) is 11.7 Å². The molecule has 6 heteroatoms. The minimum absolute atomic E-state index is 0.0337. The molecule has 1 aliphatic carbocycles. The second-order valence-electron chi connectivity index (χ2n) is 7.16. The van der Waals surface area contributed by atoms with E-state index in [0.29, 0.717) is 25.1 Å². The number of hydrogen-bond acceptors (Lipinski definition) is 4. The van der Waals surface area contributed by atoms with E-state index < -0.39 is 0 Å². The Kier molecular flexibility index (Phi) is 4.82. The lowest BCUT2D eigenvalue weighted by Gasteiger charge is -2.35. The summed E-state index contributed by atoms with van der Waals surface area (Å²) >= 11 is 0. The predicted octanol–water partition coefficient (Wildman–Crippen LogP) is 3.02. The number of nitrogens with zero attached hydrogens (tertiary/aromatic N) is 4. The SMILES string of the molecule is O=C(C1CCCN(c2ncccn2)C1)N(Cc1ccc(F)cc1)C1CC1. The minimum Gasteiger partial charge on any atom is -0.340 e. The number of amides is 1. The first-order valence-electron chi connectivity index (χ1n) is 9.27. The highest BCUT2D eigenvalue weighted by atomic mass is 19.1. The zero-order valence-electron chi connectivity index (χ0n) is 14.7. The molecule has 1 saturated heterocycles. The third-order valence-corrected chi connectivity index (χ3v) is 5.14. The molecule has 1 atom stereocenters. The summed E-state index contributed by atoms with van der Waals surface area (Å²) in [5.41, 5.74) is 0.978. The fourth-order valence-corrected chi connectivity index (χ4v) is 3.61. The molecule has 0 N–H and O–H groups in total. The molecule has 1 unspecified atom stereocenters. The quantitative estimate of drug-likeness (QED) is 0.828. The molecule has 2 heterocycles. The first kappa shape index (κ1) is 16.9. The van der Waals surface area contributed by atoms with E-state index in [0.717, 1.165) is 37.8 Å². The van der Waals surface area contributed by atoms with Crippen LogP contribution in [0.1, 0.15) is 31.2 Å². The van der Waals surface area contributed by atoms with Gasteiger partial charge in [0.25, 0.3) is 0 Å². The lowest BCUT2D eigenvalue weighted by molar-refractivity contribution is -0.137. The highest BCUT2D eigenvalue weighted by Gasteiger charge is 2.37. The molecule has 1 aromatic heterocycles. The van der Waals surface area contributed by atoms with Gasteiger partial charge in [0.1, 0.15) is 5.82 Å². The zero-order valence-corrected chi connectivity index (χ0v) is 14.7. The maximum Gasteiger partial charge on any atom is 0.228 e. The Bertz CT molecular complexity index is 748. The molecule has 136 valence electrons. The van der Waals surface area contributed by atoms with Gasteiger partial charge < -0.3 is 9.80 Å². The molecule has 2 aromatic rings. The maximum absolute atomic E-state index is 13.2. The fourth-order valence-electron chi connectivity index (χ4n) is 3.61. The van der Waals surface area contributed by atoms with E-state index >= 15 is 0 Å². The molecule has 1 aromatic carbocycles. The number of carbonyl (C=O) groups is 1. The van der Waals surface area contributed by atoms with Crippen LogP contribution in [0.4, 0.5) is 10.3 Å². The van der Waals surface area contributed by atoms with E-state index in [2.05, 4.69) is 14.9 Å². The zero-order chi connectivity index (χ0) is 17.9. The third-order valence-electron chi connectivity index (χ3n) is 5.14. The van der Waals surface area contributed by atoms with Crippen LogP contribution in [0.2, 0.25) is 0 Å². The van der Waals surface area contributed by atoms with Gasteiger partial charge in [-0.3, -0.25) is 4.79 Å². The van der Waals surface area contributed by atoms with E-state index in [4.69, 9.17) is 0 Å². The van der Waals surface area contributed by atoms with Gasteiger partial charge in [-0.25, -0.2) is 14.4 Å². The lowest BCUT2D eigenvalue weighted by Crippen LogP contribution is -2.45. The van der Waals surface area contributed by atoms with Crippen LogP contribution >= 0.6 is 0 Å². The average Bonchev–Trinajstić information content (AvgIpc) is 3.53. The second-order valence-corrected chi connectivity index (χ2v) is 7.16. The largest absolute Gasteiger partial charge is 0.340 e. The molecule has 4 rings (SSSR count). The monoisotopic (exact) mass is 354 g/mol. The Hall–Kier alpha value is -2.50. The van der Waals surface area contributed by atoms with Crippen molar-refractivity contribution in [2.45, 2.75) is 38.3 Å². The standard InChI is InChI=1S/C20H23FN4O/c21-17-6-4-15(5-7-17)13-25(18-8-9-18)19(26)16-3-1-12-24(14-16)20-22-10-2-11-23-20/h2,4-7,10-11,16,18H,1,3,8-9,12-14H2. The predicted molar refractivity (Wildman–Crippen MR) is 96.9 cm³/mol. The van der Waals surface area contributed by atoms with Crippen molar-refractivity contribution in [2.24, 2.45) is 5.92 Å². The molecule has 2 aliphatic rings. The third kappa shape index (κ3) is 3.84. The van der Waals surface area contributed by atoms with Gasteiger partial charge in [-0.1, -0.05) is 12.1 Å². The van der Waals surface area contributed by atoms with Crippen molar-refractivity contribution in [1.82, 2.24) is 14.9 Å². The minimum atomic E-state index is -0.246. The van der Waals surface area contributed by atoms with Gasteiger partial charge in [-0.05, 0) is 49.4 Å². The number of benzene rings is 1. The molecular formula is C20H23FN4O. The van der Waals surface area contributed by atoms with Crippen LogP contribution < -0.4 is 4.90 Å². The van der Waals surface area contributed by atoms with E-state index in [1.807, 2.05) is 4.90 Å². The Morgan fingerprint density at radius 1 is 1.15 bits per heavy atom. The molecule has 5 nitrogen and oxygen atoms in total. The van der Waals surface area contributed by atoms with Crippen LogP contribution in [-0.2, 0) is 11.3 Å². The highest BCUT2D eigenvalue weighted by molar-refractivity contribution is 5.80. The number of anilines is 1. The van der Waals surface area contributed by atoms with Gasteiger partial charge in [-0.2, -0.15) is 0 Å². The van der Waals surface area contributed by atoms with E-state index in [1.165, 1.54) is 12.1 Å². The summed E-state index contributed by atoms with van der Waals surface area (Å²) < 4.78 is 13.2. The molecule has 0 bridgehead atoms. The molecule has 1 aliphatic heterocycles. The second kappa shape index (κ2) is 7.40. The van der Waals surface area contributed by atoms with Crippen molar-refractivity contribution in [3.8, 4) is 0 Å². The van der Waals surface area contributed by atoms with Gasteiger partial charge in [0.05, 0.1) is 5.92 Å². The number of piperidine rings is 1. The van der Waals surface area contributed by atoms with Gasteiger partial charge in [0.2, 0.25) is 11.9 Å². The number of rotatable bonds is 5. The number of hydrogen-bond donors (Lipinski definition) is 0. The molecule has 0 spiro atoms. The van der Waals surface area contributed by atoms with Crippen LogP contribution in [0.3, 0.4) is 0 Å². The average molecular weight is 354 g/mol. The molecule has 2 fully saturated rings. The van der Waals surface area contributed by atoms with Crippen LogP contribution in [0.5, 0.6) is 0 Å². The first-order chi connectivity index (χ1) is 12.7. The van der Waals surface area contributed by atoms with Crippen molar-refractivity contribution in [1.29, 1.82) is 0 Å². The topological polar surface area (TPSA) is 49.3 Å². The van der Waals surface area contributed by atoms with E-state index in [1.54, 1.807) is 30.6 Å². The Labute approximate surface area is 152 Å². The summed E-state index contributed by atoms with van der Waals surface area (Å²) in [7, 11) is 0. The Morgan fingerprint density at radius 3 is 2.58 bits per heavy atom. The van der Waals surface area contributed by atoms with Crippen molar-refractivity contribution >= 4 is 11.9 Å². The Morgan fingerprint density at radius 2 is 1.88 bits per heavy atom. The highest BCUT2D eigenvalue weighted by Crippen LogP contribution is 2.32. The van der Waals surface area contributed by atoms with Gasteiger partial charge in [0.15, 0.2) is 0 Å². The normalized spacial score (nSPS) is 20.0. The van der Waals surface area contributed by atoms with E-state index in [9.17, 15) is 9.18 Å². The number of carbonyl (C=O) groups excluding carboxylic acids is 1. The number of halogens is 1. The lowest BCUT2D eigenvalue weighted by atomic mass is 9.96. The van der Waals surface area contributed by atoms with Crippen LogP contribution in [0.15, 0.2) is 42.7 Å². The van der Waals surface area contributed by atoms with Gasteiger partial charge in [-0.15, -0.1) is 0 Å². The summed E-state index contributed by atoms with van der Waals surface area (Å²) in [4.78, 5) is 25.9. The summed E-state index contributed by atoms with van der Waals surface area (Å²) in [6.07, 6.45) is 7.45. The summed E-state index contributed by atoms with van der Waals surface area (Å²) in [5.74, 6) is 0.622. The molecular weight excluding hydrogens is 331 g/mol. The molecule has 1 amide bonds. The van der Waals surface area contributed by atoms with Crippen molar-refractivity contribution in [3.05, 3.63) is 54.1 Å². The van der Waals surface area contributed by atoms with Crippen molar-refractivity contribution in [2.75, 3.05) is 18.0 Å². The van der Waals surface area contributed by atoms with E-state index in [-0.39, 0.29) is 17.6 Å². The fraction of sp³-hybridized carbons (Fsp3) is 0.450. The van der Waals surface area contributed by atoms with Crippen LogP contribution in [-0.4, -0.2) is 39.9 Å². The molecule has 26 heavy (non-hydrogen) atoms. The smallest absolute Gasteiger partial charge is 0.228 e. The summed E-state index contributed by atoms with van der Waals surface area (Å²) in [6, 6.07) is 8.58. The van der Waals surface area contributed by atoms with Gasteiger partial charge >= 0.3 is 0 Å². The Balaban J connectivity index is 1.46. The van der Waals surface area contributed by atoms with Gasteiger partial charge in [0, 0.05) is 38.1 Å². The maximum atomic E-state index is 13.2. The molecule has 0 radical (unpaired) electrons. The summed E-state index contributed by atoms with van der Waals surface area (Å²) in [6.45, 7) is 2.10. The first-order valence-corrected chi connectivity index (χ1v) is 9.27. The van der Waals surface area contributed by atoms with Crippen molar-refractivity contribution < 1.29 is 9.18 Å². The number of aromatic nitrogens is 2. The summed E-state index contributed by atoms with van der Waals surface area (Å²) in [5, 5.41) is 0. The molecule has 1 saturated carbocycles. The van der Waals surface area contributed by atoms with Crippen molar-refractivity contribution in [3.63, 3.8) is 0 Å².